The maximum Gasteiger partial charge on any atom is 0.262 e. The molecule has 6 nitrogen and oxygen atoms in total. The lowest BCUT2D eigenvalue weighted by atomic mass is 10.2. The fourth-order valence-corrected chi connectivity index (χ4v) is 3.45. The molecule has 24 heavy (non-hydrogen) atoms. The number of benzene rings is 2. The van der Waals surface area contributed by atoms with E-state index in [0.717, 1.165) is 5.39 Å². The Morgan fingerprint density at radius 1 is 1.04 bits per heavy atom. The Balaban J connectivity index is 1.98. The fourth-order valence-electron chi connectivity index (χ4n) is 2.33. The average molecular weight is 341 g/mol. The van der Waals surface area contributed by atoms with Gasteiger partial charge in [-0.2, -0.15) is 0 Å². The van der Waals surface area contributed by atoms with E-state index < -0.39 is 10.0 Å². The molecular weight excluding hydrogens is 326 g/mol. The number of sulfonamides is 1. The lowest BCUT2D eigenvalue weighted by Gasteiger charge is -2.11. The zero-order chi connectivity index (χ0) is 17.2. The van der Waals surface area contributed by atoms with E-state index in [-0.39, 0.29) is 10.8 Å². The number of nitrogens with zero attached hydrogens (tertiary/aromatic N) is 1. The molecule has 0 saturated carbocycles. The highest BCUT2D eigenvalue weighted by molar-refractivity contribution is 7.92. The second kappa shape index (κ2) is 6.29. The van der Waals surface area contributed by atoms with Gasteiger partial charge in [0.1, 0.15) is 0 Å². The van der Waals surface area contributed by atoms with Crippen molar-refractivity contribution < 1.29 is 13.2 Å². The van der Waals surface area contributed by atoms with E-state index in [1.807, 2.05) is 12.1 Å². The van der Waals surface area contributed by atoms with Gasteiger partial charge in [-0.25, -0.2) is 8.42 Å². The summed E-state index contributed by atoms with van der Waals surface area (Å²) in [5, 5.41) is 3.40. The van der Waals surface area contributed by atoms with Crippen molar-refractivity contribution >= 4 is 38.2 Å². The van der Waals surface area contributed by atoms with Gasteiger partial charge in [-0.1, -0.05) is 24.3 Å². The molecule has 1 aromatic heterocycles. The van der Waals surface area contributed by atoms with Crippen LogP contribution < -0.4 is 10.0 Å². The number of pyridine rings is 1. The first kappa shape index (κ1) is 15.9. The van der Waals surface area contributed by atoms with Gasteiger partial charge in [-0.15, -0.1) is 0 Å². The highest BCUT2D eigenvalue weighted by Gasteiger charge is 2.16. The van der Waals surface area contributed by atoms with Crippen molar-refractivity contribution in [3.63, 3.8) is 0 Å². The number of fused-ring (bicyclic) bond motifs is 1. The molecule has 0 unspecified atom stereocenters. The molecule has 2 aromatic carbocycles. The summed E-state index contributed by atoms with van der Waals surface area (Å²) in [6.45, 7) is 1.36. The van der Waals surface area contributed by atoms with Gasteiger partial charge < -0.3 is 5.32 Å². The van der Waals surface area contributed by atoms with Crippen LogP contribution in [0, 0.1) is 0 Å². The van der Waals surface area contributed by atoms with Gasteiger partial charge in [0.15, 0.2) is 0 Å². The lowest BCUT2D eigenvalue weighted by molar-refractivity contribution is -0.114. The smallest absolute Gasteiger partial charge is 0.262 e. The fraction of sp³-hybridized carbons (Fsp3) is 0.0588. The monoisotopic (exact) mass is 341 g/mol. The molecule has 1 amide bonds. The molecule has 0 spiro atoms. The van der Waals surface area contributed by atoms with Gasteiger partial charge in [0, 0.05) is 24.2 Å². The largest absolute Gasteiger partial charge is 0.326 e. The van der Waals surface area contributed by atoms with E-state index in [0.29, 0.717) is 16.9 Å². The summed E-state index contributed by atoms with van der Waals surface area (Å²) in [4.78, 5) is 15.4. The Morgan fingerprint density at radius 3 is 2.58 bits per heavy atom. The average Bonchev–Trinajstić information content (AvgIpc) is 2.55. The Hall–Kier alpha value is -2.93. The van der Waals surface area contributed by atoms with E-state index in [9.17, 15) is 13.2 Å². The number of hydrogen-bond acceptors (Lipinski definition) is 4. The minimum absolute atomic E-state index is 0.0571. The van der Waals surface area contributed by atoms with Crippen molar-refractivity contribution in [2.75, 3.05) is 10.0 Å². The van der Waals surface area contributed by atoms with Crippen LogP contribution >= 0.6 is 0 Å². The Labute approximate surface area is 139 Å². The molecule has 0 bridgehead atoms. The lowest BCUT2D eigenvalue weighted by Crippen LogP contribution is -2.14. The summed E-state index contributed by atoms with van der Waals surface area (Å²) in [7, 11) is -3.80. The summed E-state index contributed by atoms with van der Waals surface area (Å²) in [6, 6.07) is 15.0. The van der Waals surface area contributed by atoms with Gasteiger partial charge in [0.2, 0.25) is 5.91 Å². The van der Waals surface area contributed by atoms with Crippen LogP contribution in [0.3, 0.4) is 0 Å². The second-order valence-electron chi connectivity index (χ2n) is 5.20. The topological polar surface area (TPSA) is 88.2 Å². The highest BCUT2D eigenvalue weighted by Crippen LogP contribution is 2.24. The molecule has 3 rings (SSSR count). The van der Waals surface area contributed by atoms with Crippen LogP contribution in [0.2, 0.25) is 0 Å². The molecule has 3 aromatic rings. The van der Waals surface area contributed by atoms with Gasteiger partial charge in [-0.3, -0.25) is 14.5 Å². The van der Waals surface area contributed by atoms with Crippen LogP contribution in [0.25, 0.3) is 10.9 Å². The third-order valence-corrected chi connectivity index (χ3v) is 4.70. The molecule has 0 aliphatic heterocycles. The third-order valence-electron chi connectivity index (χ3n) is 3.34. The highest BCUT2D eigenvalue weighted by atomic mass is 32.2. The third kappa shape index (κ3) is 3.36. The number of carbonyl (C=O) groups excluding carboxylic acids is 1. The van der Waals surface area contributed by atoms with Crippen molar-refractivity contribution in [1.29, 1.82) is 0 Å². The van der Waals surface area contributed by atoms with E-state index in [4.69, 9.17) is 0 Å². The molecule has 1 heterocycles. The second-order valence-corrected chi connectivity index (χ2v) is 6.88. The van der Waals surface area contributed by atoms with Gasteiger partial charge >= 0.3 is 0 Å². The van der Waals surface area contributed by atoms with Crippen LogP contribution in [-0.4, -0.2) is 19.3 Å². The normalized spacial score (nSPS) is 11.2. The van der Waals surface area contributed by atoms with Crippen molar-refractivity contribution in [3.05, 3.63) is 60.8 Å². The number of nitrogens with one attached hydrogen (secondary N) is 2. The predicted octanol–water partition coefficient (Wildman–Crippen LogP) is 2.99. The molecule has 0 atom stereocenters. The van der Waals surface area contributed by atoms with Crippen molar-refractivity contribution in [2.24, 2.45) is 0 Å². The summed E-state index contributed by atoms with van der Waals surface area (Å²) >= 11 is 0. The molecule has 0 fully saturated rings. The number of aromatic nitrogens is 1. The first-order chi connectivity index (χ1) is 11.5. The van der Waals surface area contributed by atoms with Gasteiger partial charge in [-0.05, 0) is 30.3 Å². The van der Waals surface area contributed by atoms with Crippen LogP contribution in [0.1, 0.15) is 6.92 Å². The minimum atomic E-state index is -3.80. The van der Waals surface area contributed by atoms with E-state index >= 15 is 0 Å². The Bertz CT molecular complexity index is 1010. The number of amides is 1. The van der Waals surface area contributed by atoms with E-state index in [1.54, 1.807) is 36.5 Å². The maximum atomic E-state index is 12.6. The maximum absolute atomic E-state index is 12.6. The molecule has 122 valence electrons. The Morgan fingerprint density at radius 2 is 1.79 bits per heavy atom. The molecule has 7 heteroatoms. The molecule has 0 saturated heterocycles. The zero-order valence-electron chi connectivity index (χ0n) is 12.9. The number of carbonyl (C=O) groups is 1. The van der Waals surface area contributed by atoms with Crippen LogP contribution in [-0.2, 0) is 14.8 Å². The summed E-state index contributed by atoms with van der Waals surface area (Å²) in [5.74, 6) is -0.268. The van der Waals surface area contributed by atoms with E-state index in [1.165, 1.54) is 19.1 Å². The standard InChI is InChI=1S/C17H15N3O3S/c1-12(21)19-14-7-3-8-15(11-14)24(22,23)20-16-9-2-5-13-6-4-10-18-17(13)16/h2-11,20H,1H3,(H,19,21). The SMILES string of the molecule is CC(=O)Nc1cccc(S(=O)(=O)Nc2cccc3cccnc23)c1. The number of anilines is 2. The first-order valence-corrected chi connectivity index (χ1v) is 8.68. The predicted molar refractivity (Wildman–Crippen MR) is 93.3 cm³/mol. The van der Waals surface area contributed by atoms with Gasteiger partial charge in [0.05, 0.1) is 16.1 Å². The molecular formula is C17H15N3O3S. The Kier molecular flexibility index (Phi) is 4.18. The summed E-state index contributed by atoms with van der Waals surface area (Å²) in [5.41, 5.74) is 1.39. The quantitative estimate of drug-likeness (QED) is 0.763. The minimum Gasteiger partial charge on any atom is -0.326 e. The first-order valence-electron chi connectivity index (χ1n) is 7.20. The van der Waals surface area contributed by atoms with Crippen molar-refractivity contribution in [2.45, 2.75) is 11.8 Å². The number of para-hydroxylation sites is 1. The number of rotatable bonds is 4. The van der Waals surface area contributed by atoms with Crippen LogP contribution in [0.15, 0.2) is 65.7 Å². The van der Waals surface area contributed by atoms with Crippen LogP contribution in [0.5, 0.6) is 0 Å². The van der Waals surface area contributed by atoms with Crippen molar-refractivity contribution in [1.82, 2.24) is 4.98 Å². The molecule has 0 aliphatic carbocycles. The van der Waals surface area contributed by atoms with Crippen molar-refractivity contribution in [3.8, 4) is 0 Å². The van der Waals surface area contributed by atoms with E-state index in [2.05, 4.69) is 15.0 Å². The molecule has 2 N–H and O–H groups in total. The molecule has 0 aliphatic rings. The number of hydrogen-bond donors (Lipinski definition) is 2. The van der Waals surface area contributed by atoms with Gasteiger partial charge in [0.25, 0.3) is 10.0 Å². The molecule has 0 radical (unpaired) electrons. The summed E-state index contributed by atoms with van der Waals surface area (Å²) < 4.78 is 27.8. The van der Waals surface area contributed by atoms with Crippen LogP contribution in [0.4, 0.5) is 11.4 Å². The zero-order valence-corrected chi connectivity index (χ0v) is 13.7. The summed E-state index contributed by atoms with van der Waals surface area (Å²) in [6.07, 6.45) is 1.61.